The number of carbonyl (C=O) groups excluding carboxylic acids is 1. The summed E-state index contributed by atoms with van der Waals surface area (Å²) in [7, 11) is 1.86. The Kier molecular flexibility index (Phi) is 5.01. The van der Waals surface area contributed by atoms with Gasteiger partial charge in [0.25, 0.3) is 0 Å². The number of anilines is 2. The van der Waals surface area contributed by atoms with Crippen molar-refractivity contribution in [2.75, 3.05) is 17.7 Å². The highest BCUT2D eigenvalue weighted by molar-refractivity contribution is 7.19. The van der Waals surface area contributed by atoms with Crippen molar-refractivity contribution in [3.8, 4) is 27.5 Å². The van der Waals surface area contributed by atoms with Gasteiger partial charge in [0.05, 0.1) is 27.6 Å². The maximum atomic E-state index is 11.6. The number of carbonyl (C=O) groups is 1. The quantitative estimate of drug-likeness (QED) is 0.473. The second-order valence-electron chi connectivity index (χ2n) is 7.99. The molecule has 3 aromatic heterocycles. The fourth-order valence-electron chi connectivity index (χ4n) is 4.29. The highest BCUT2D eigenvalue weighted by atomic mass is 32.1. The molecular weight excluding hydrogens is 420 g/mol. The Balaban J connectivity index is 1.76. The molecule has 0 unspecified atom stereocenters. The highest BCUT2D eigenvalue weighted by Crippen LogP contribution is 2.44. The van der Waals surface area contributed by atoms with E-state index in [-0.39, 0.29) is 5.91 Å². The Morgan fingerprint density at radius 3 is 2.56 bits per heavy atom. The van der Waals surface area contributed by atoms with E-state index in [1.54, 1.807) is 0 Å². The zero-order valence-electron chi connectivity index (χ0n) is 18.5. The number of amides is 1. The zero-order valence-corrected chi connectivity index (χ0v) is 19.3. The number of fused-ring (bicyclic) bond motifs is 3. The minimum Gasteiger partial charge on any atom is -0.373 e. The predicted octanol–water partition coefficient (Wildman–Crippen LogP) is 4.77. The van der Waals surface area contributed by atoms with Gasteiger partial charge in [0.1, 0.15) is 5.82 Å². The summed E-state index contributed by atoms with van der Waals surface area (Å²) in [5.74, 6) is 0.706. The van der Waals surface area contributed by atoms with Gasteiger partial charge in [-0.05, 0) is 49.9 Å². The van der Waals surface area contributed by atoms with E-state index in [1.165, 1.54) is 23.8 Å². The molecule has 8 heteroatoms. The summed E-state index contributed by atoms with van der Waals surface area (Å²) in [4.78, 5) is 21.9. The lowest BCUT2D eigenvalue weighted by molar-refractivity contribution is -0.114. The number of nitrogens with zero attached hydrogens (tertiary/aromatic N) is 4. The number of hydrogen-bond donors (Lipinski definition) is 2. The molecule has 0 spiro atoms. The molecule has 5 rings (SSSR count). The van der Waals surface area contributed by atoms with Crippen LogP contribution in [0.25, 0.3) is 27.5 Å². The summed E-state index contributed by atoms with van der Waals surface area (Å²) in [5, 5.41) is 11.7. The van der Waals surface area contributed by atoms with Crippen LogP contribution in [0.4, 0.5) is 10.9 Å². The van der Waals surface area contributed by atoms with Crippen molar-refractivity contribution in [1.29, 1.82) is 0 Å². The van der Waals surface area contributed by atoms with E-state index in [1.807, 2.05) is 19.3 Å². The molecule has 0 saturated carbocycles. The van der Waals surface area contributed by atoms with Gasteiger partial charge in [-0.25, -0.2) is 14.6 Å². The topological polar surface area (TPSA) is 84.7 Å². The van der Waals surface area contributed by atoms with Gasteiger partial charge in [0, 0.05) is 31.3 Å². The van der Waals surface area contributed by atoms with Crippen molar-refractivity contribution in [3.05, 3.63) is 58.9 Å². The van der Waals surface area contributed by atoms with E-state index in [4.69, 9.17) is 10.1 Å². The molecule has 0 atom stereocenters. The van der Waals surface area contributed by atoms with Crippen LogP contribution in [0.2, 0.25) is 0 Å². The molecule has 0 bridgehead atoms. The second-order valence-corrected chi connectivity index (χ2v) is 8.99. The van der Waals surface area contributed by atoms with Crippen molar-refractivity contribution < 1.29 is 4.79 Å². The molecule has 0 saturated heterocycles. The first kappa shape index (κ1) is 20.4. The Hall–Kier alpha value is -3.52. The molecule has 1 amide bonds. The SMILES string of the molecule is CNc1ccc(-c2nn(-c3c(C)cccc3C)c3c2CCc2nc(NC(C)=O)sc2-3)cn1. The summed E-state index contributed by atoms with van der Waals surface area (Å²) in [6, 6.07) is 10.3. The number of pyridine rings is 1. The number of hydrogen-bond acceptors (Lipinski definition) is 6. The number of rotatable bonds is 4. The maximum Gasteiger partial charge on any atom is 0.223 e. The molecule has 1 aliphatic carbocycles. The van der Waals surface area contributed by atoms with E-state index in [9.17, 15) is 4.79 Å². The third kappa shape index (κ3) is 3.36. The molecule has 7 nitrogen and oxygen atoms in total. The first-order chi connectivity index (χ1) is 15.5. The fourth-order valence-corrected chi connectivity index (χ4v) is 5.41. The van der Waals surface area contributed by atoms with Gasteiger partial charge in [-0.1, -0.05) is 29.5 Å². The van der Waals surface area contributed by atoms with Gasteiger partial charge in [0.15, 0.2) is 5.13 Å². The molecule has 162 valence electrons. The largest absolute Gasteiger partial charge is 0.373 e. The van der Waals surface area contributed by atoms with Gasteiger partial charge in [-0.3, -0.25) is 4.79 Å². The van der Waals surface area contributed by atoms with E-state index in [0.29, 0.717) is 5.13 Å². The lowest BCUT2D eigenvalue weighted by atomic mass is 9.95. The number of aromatic nitrogens is 4. The van der Waals surface area contributed by atoms with Crippen LogP contribution in [-0.2, 0) is 17.6 Å². The third-order valence-electron chi connectivity index (χ3n) is 5.74. The summed E-state index contributed by atoms with van der Waals surface area (Å²) in [5.41, 5.74) is 8.58. The Morgan fingerprint density at radius 1 is 1.12 bits per heavy atom. The highest BCUT2D eigenvalue weighted by Gasteiger charge is 2.30. The summed E-state index contributed by atoms with van der Waals surface area (Å²) in [6.45, 7) is 5.73. The first-order valence-electron chi connectivity index (χ1n) is 10.6. The molecule has 1 aliphatic rings. The molecule has 2 N–H and O–H groups in total. The van der Waals surface area contributed by atoms with Crippen LogP contribution in [0.1, 0.15) is 29.3 Å². The van der Waals surface area contributed by atoms with Crippen molar-refractivity contribution >= 4 is 28.2 Å². The lowest BCUT2D eigenvalue weighted by Crippen LogP contribution is -2.08. The van der Waals surface area contributed by atoms with Gasteiger partial charge in [-0.2, -0.15) is 5.10 Å². The van der Waals surface area contributed by atoms with Gasteiger partial charge >= 0.3 is 0 Å². The van der Waals surface area contributed by atoms with Crippen molar-refractivity contribution in [2.24, 2.45) is 0 Å². The van der Waals surface area contributed by atoms with Crippen LogP contribution in [0, 0.1) is 13.8 Å². The van der Waals surface area contributed by atoms with Crippen LogP contribution in [0.5, 0.6) is 0 Å². The molecule has 32 heavy (non-hydrogen) atoms. The molecule has 0 fully saturated rings. The van der Waals surface area contributed by atoms with Gasteiger partial charge < -0.3 is 10.6 Å². The average molecular weight is 445 g/mol. The van der Waals surface area contributed by atoms with Crippen LogP contribution >= 0.6 is 11.3 Å². The molecule has 4 aromatic rings. The van der Waals surface area contributed by atoms with Crippen LogP contribution in [-0.4, -0.2) is 32.7 Å². The van der Waals surface area contributed by atoms with E-state index in [2.05, 4.69) is 58.4 Å². The first-order valence-corrected chi connectivity index (χ1v) is 11.4. The van der Waals surface area contributed by atoms with E-state index < -0.39 is 0 Å². The third-order valence-corrected chi connectivity index (χ3v) is 6.75. The van der Waals surface area contributed by atoms with E-state index in [0.717, 1.165) is 63.0 Å². The summed E-state index contributed by atoms with van der Waals surface area (Å²) < 4.78 is 2.06. The molecule has 1 aromatic carbocycles. The molecule has 0 aliphatic heterocycles. The van der Waals surface area contributed by atoms with Crippen molar-refractivity contribution in [2.45, 2.75) is 33.6 Å². The maximum absolute atomic E-state index is 11.6. The predicted molar refractivity (Wildman–Crippen MR) is 129 cm³/mol. The fraction of sp³-hybridized carbons (Fsp3) is 0.250. The van der Waals surface area contributed by atoms with Crippen molar-refractivity contribution in [1.82, 2.24) is 19.7 Å². The molecular formula is C24H24N6OS. The Morgan fingerprint density at radius 2 is 1.91 bits per heavy atom. The normalized spacial score (nSPS) is 12.2. The summed E-state index contributed by atoms with van der Waals surface area (Å²) in [6.07, 6.45) is 3.51. The van der Waals surface area contributed by atoms with Crippen molar-refractivity contribution in [3.63, 3.8) is 0 Å². The second kappa shape index (κ2) is 7.87. The lowest BCUT2D eigenvalue weighted by Gasteiger charge is -2.16. The Bertz CT molecular complexity index is 1320. The van der Waals surface area contributed by atoms with Crippen LogP contribution in [0.3, 0.4) is 0 Å². The standard InChI is InChI=1S/C24H24N6OS/c1-13-6-5-7-14(2)21(13)30-22-17(20(29-30)16-8-11-19(25-4)26-12-16)9-10-18-23(22)32-24(28-18)27-15(3)31/h5-8,11-12H,9-10H2,1-4H3,(H,25,26)(H,27,28,31). The smallest absolute Gasteiger partial charge is 0.223 e. The molecule has 0 radical (unpaired) electrons. The summed E-state index contributed by atoms with van der Waals surface area (Å²) >= 11 is 1.51. The number of thiazole rings is 1. The monoisotopic (exact) mass is 444 g/mol. The number of aryl methyl sites for hydroxylation is 3. The minimum absolute atomic E-state index is 0.115. The number of para-hydroxylation sites is 1. The van der Waals surface area contributed by atoms with Crippen LogP contribution < -0.4 is 10.6 Å². The van der Waals surface area contributed by atoms with Crippen LogP contribution in [0.15, 0.2) is 36.5 Å². The minimum atomic E-state index is -0.115. The molecule has 3 heterocycles. The van der Waals surface area contributed by atoms with Gasteiger partial charge in [0.2, 0.25) is 5.91 Å². The zero-order chi connectivity index (χ0) is 22.4. The number of benzene rings is 1. The average Bonchev–Trinajstić information content (AvgIpc) is 3.34. The number of nitrogens with one attached hydrogen (secondary N) is 2. The van der Waals surface area contributed by atoms with Gasteiger partial charge in [-0.15, -0.1) is 0 Å². The Labute approximate surface area is 190 Å². The van der Waals surface area contributed by atoms with E-state index >= 15 is 0 Å².